The van der Waals surface area contributed by atoms with E-state index in [-0.39, 0.29) is 11.1 Å². The maximum Gasteiger partial charge on any atom is 0.340 e. The van der Waals surface area contributed by atoms with E-state index in [1.165, 1.54) is 13.2 Å². The standard InChI is InChI=1S/C11H11FO4/c1-6-4-8(11(14)16-3)9(12)5-7(6)10(13)15-2/h4-5H,1-3H3. The second kappa shape index (κ2) is 4.74. The summed E-state index contributed by atoms with van der Waals surface area (Å²) in [4.78, 5) is 22.4. The van der Waals surface area contributed by atoms with E-state index in [1.54, 1.807) is 6.92 Å². The van der Waals surface area contributed by atoms with Gasteiger partial charge in [-0.1, -0.05) is 0 Å². The largest absolute Gasteiger partial charge is 0.465 e. The Bertz CT molecular complexity index is 398. The number of hydrogen-bond donors (Lipinski definition) is 0. The van der Waals surface area contributed by atoms with Crippen LogP contribution in [0.15, 0.2) is 12.1 Å². The molecule has 0 unspecified atom stereocenters. The fraction of sp³-hybridized carbons (Fsp3) is 0.273. The summed E-state index contributed by atoms with van der Waals surface area (Å²) in [5.74, 6) is -2.23. The minimum atomic E-state index is -0.808. The van der Waals surface area contributed by atoms with Gasteiger partial charge in [-0.3, -0.25) is 0 Å². The van der Waals surface area contributed by atoms with E-state index in [0.29, 0.717) is 5.56 Å². The lowest BCUT2D eigenvalue weighted by Crippen LogP contribution is -2.10. The predicted molar refractivity (Wildman–Crippen MR) is 53.8 cm³/mol. The number of halogens is 1. The highest BCUT2D eigenvalue weighted by molar-refractivity contribution is 5.94. The molecule has 0 amide bonds. The van der Waals surface area contributed by atoms with E-state index in [4.69, 9.17) is 0 Å². The van der Waals surface area contributed by atoms with Crippen molar-refractivity contribution in [2.75, 3.05) is 14.2 Å². The molecule has 0 bridgehead atoms. The number of methoxy groups -OCH3 is 2. The normalized spacial score (nSPS) is 9.75. The van der Waals surface area contributed by atoms with Gasteiger partial charge in [0.05, 0.1) is 25.3 Å². The molecule has 0 radical (unpaired) electrons. The zero-order valence-corrected chi connectivity index (χ0v) is 9.17. The summed E-state index contributed by atoms with van der Waals surface area (Å²) >= 11 is 0. The summed E-state index contributed by atoms with van der Waals surface area (Å²) in [5, 5.41) is 0. The second-order valence-corrected chi connectivity index (χ2v) is 3.13. The first-order valence-corrected chi connectivity index (χ1v) is 4.48. The zero-order valence-electron chi connectivity index (χ0n) is 9.17. The molecule has 0 aliphatic heterocycles. The summed E-state index contributed by atoms with van der Waals surface area (Å²) in [6.45, 7) is 1.58. The molecule has 16 heavy (non-hydrogen) atoms. The van der Waals surface area contributed by atoms with Gasteiger partial charge in [-0.15, -0.1) is 0 Å². The highest BCUT2D eigenvalue weighted by atomic mass is 19.1. The van der Waals surface area contributed by atoms with Crippen LogP contribution in [-0.2, 0) is 9.47 Å². The monoisotopic (exact) mass is 226 g/mol. The molecule has 0 atom stereocenters. The van der Waals surface area contributed by atoms with E-state index < -0.39 is 17.8 Å². The number of rotatable bonds is 2. The van der Waals surface area contributed by atoms with Gasteiger partial charge in [0.15, 0.2) is 0 Å². The maximum atomic E-state index is 13.5. The fourth-order valence-electron chi connectivity index (χ4n) is 1.28. The van der Waals surface area contributed by atoms with Crippen molar-refractivity contribution in [3.8, 4) is 0 Å². The Kier molecular flexibility index (Phi) is 3.60. The van der Waals surface area contributed by atoms with Crippen LogP contribution >= 0.6 is 0 Å². The Morgan fingerprint density at radius 2 is 1.56 bits per heavy atom. The van der Waals surface area contributed by atoms with Gasteiger partial charge in [0.1, 0.15) is 5.82 Å². The molecule has 4 nitrogen and oxygen atoms in total. The topological polar surface area (TPSA) is 52.6 Å². The molecule has 1 aromatic rings. The van der Waals surface area contributed by atoms with Crippen LogP contribution in [0.1, 0.15) is 26.3 Å². The van der Waals surface area contributed by atoms with Gasteiger partial charge in [0.2, 0.25) is 0 Å². The van der Waals surface area contributed by atoms with Crippen molar-refractivity contribution in [2.24, 2.45) is 0 Å². The van der Waals surface area contributed by atoms with Crippen molar-refractivity contribution in [1.82, 2.24) is 0 Å². The van der Waals surface area contributed by atoms with Gasteiger partial charge < -0.3 is 9.47 Å². The smallest absolute Gasteiger partial charge is 0.340 e. The van der Waals surface area contributed by atoms with Crippen LogP contribution in [0.25, 0.3) is 0 Å². The third-order valence-corrected chi connectivity index (χ3v) is 2.12. The molecule has 1 rings (SSSR count). The number of benzene rings is 1. The predicted octanol–water partition coefficient (Wildman–Crippen LogP) is 1.71. The van der Waals surface area contributed by atoms with Gasteiger partial charge >= 0.3 is 11.9 Å². The Balaban J connectivity index is 3.27. The minimum Gasteiger partial charge on any atom is -0.465 e. The van der Waals surface area contributed by atoms with Crippen molar-refractivity contribution in [1.29, 1.82) is 0 Å². The number of aryl methyl sites for hydroxylation is 1. The third kappa shape index (κ3) is 2.18. The van der Waals surface area contributed by atoms with E-state index >= 15 is 0 Å². The van der Waals surface area contributed by atoms with Crippen LogP contribution in [0, 0.1) is 12.7 Å². The van der Waals surface area contributed by atoms with Gasteiger partial charge in [0, 0.05) is 0 Å². The Hall–Kier alpha value is -1.91. The first kappa shape index (κ1) is 12.2. The van der Waals surface area contributed by atoms with Crippen LogP contribution in [0.3, 0.4) is 0 Å². The van der Waals surface area contributed by atoms with Crippen LogP contribution in [0.5, 0.6) is 0 Å². The van der Waals surface area contributed by atoms with E-state index in [9.17, 15) is 14.0 Å². The van der Waals surface area contributed by atoms with Gasteiger partial charge in [-0.25, -0.2) is 14.0 Å². The number of carbonyl (C=O) groups is 2. The molecule has 0 heterocycles. The Morgan fingerprint density at radius 1 is 1.06 bits per heavy atom. The van der Waals surface area contributed by atoms with Crippen molar-refractivity contribution in [2.45, 2.75) is 6.92 Å². The average molecular weight is 226 g/mol. The average Bonchev–Trinajstić information content (AvgIpc) is 2.29. The Morgan fingerprint density at radius 3 is 2.06 bits per heavy atom. The molecule has 0 aliphatic rings. The molecule has 0 fully saturated rings. The fourth-order valence-corrected chi connectivity index (χ4v) is 1.28. The molecule has 1 aromatic carbocycles. The molecule has 86 valence electrons. The summed E-state index contributed by atoms with van der Waals surface area (Å²) < 4.78 is 22.3. The van der Waals surface area contributed by atoms with E-state index in [1.807, 2.05) is 0 Å². The zero-order chi connectivity index (χ0) is 12.3. The lowest BCUT2D eigenvalue weighted by molar-refractivity contribution is 0.0581. The van der Waals surface area contributed by atoms with E-state index in [0.717, 1.165) is 13.2 Å². The molecular formula is C11H11FO4. The third-order valence-electron chi connectivity index (χ3n) is 2.12. The molecule has 0 N–H and O–H groups in total. The lowest BCUT2D eigenvalue weighted by atomic mass is 10.0. The molecule has 0 aliphatic carbocycles. The van der Waals surface area contributed by atoms with Crippen molar-refractivity contribution in [3.63, 3.8) is 0 Å². The van der Waals surface area contributed by atoms with E-state index in [2.05, 4.69) is 9.47 Å². The second-order valence-electron chi connectivity index (χ2n) is 3.13. The SMILES string of the molecule is COC(=O)c1cc(F)c(C(=O)OC)cc1C. The quantitative estimate of drug-likeness (QED) is 0.720. The van der Waals surface area contributed by atoms with Gasteiger partial charge in [0.25, 0.3) is 0 Å². The summed E-state index contributed by atoms with van der Waals surface area (Å²) in [6.07, 6.45) is 0. The lowest BCUT2D eigenvalue weighted by Gasteiger charge is -2.07. The van der Waals surface area contributed by atoms with Crippen molar-refractivity contribution >= 4 is 11.9 Å². The van der Waals surface area contributed by atoms with Crippen LogP contribution in [0.2, 0.25) is 0 Å². The molecule has 0 spiro atoms. The summed E-state index contributed by atoms with van der Waals surface area (Å²) in [5.41, 5.74) is 0.342. The highest BCUT2D eigenvalue weighted by Gasteiger charge is 2.18. The van der Waals surface area contributed by atoms with Crippen molar-refractivity contribution < 1.29 is 23.5 Å². The van der Waals surface area contributed by atoms with Gasteiger partial charge in [-0.05, 0) is 24.6 Å². The number of hydrogen-bond acceptors (Lipinski definition) is 4. The van der Waals surface area contributed by atoms with Gasteiger partial charge in [-0.2, -0.15) is 0 Å². The maximum absolute atomic E-state index is 13.5. The minimum absolute atomic E-state index is 0.0904. The number of ether oxygens (including phenoxy) is 2. The molecule has 0 saturated carbocycles. The first-order chi connectivity index (χ1) is 7.51. The number of esters is 2. The summed E-state index contributed by atoms with van der Waals surface area (Å²) in [7, 11) is 2.36. The molecular weight excluding hydrogens is 215 g/mol. The van der Waals surface area contributed by atoms with Crippen LogP contribution < -0.4 is 0 Å². The first-order valence-electron chi connectivity index (χ1n) is 4.48. The van der Waals surface area contributed by atoms with Crippen molar-refractivity contribution in [3.05, 3.63) is 34.6 Å². The molecule has 5 heteroatoms. The number of carbonyl (C=O) groups excluding carboxylic acids is 2. The Labute approximate surface area is 92.0 Å². The van der Waals surface area contributed by atoms with Crippen LogP contribution in [-0.4, -0.2) is 26.2 Å². The molecule has 0 saturated heterocycles. The van der Waals surface area contributed by atoms with Crippen LogP contribution in [0.4, 0.5) is 4.39 Å². The molecule has 0 aromatic heterocycles. The summed E-state index contributed by atoms with van der Waals surface area (Å²) in [6, 6.07) is 2.22. The highest BCUT2D eigenvalue weighted by Crippen LogP contribution is 2.17.